The van der Waals surface area contributed by atoms with Crippen LogP contribution in [0.1, 0.15) is 102 Å². The van der Waals surface area contributed by atoms with E-state index in [1.54, 1.807) is 6.07 Å². The lowest BCUT2D eigenvalue weighted by Crippen LogP contribution is -2.32. The quantitative estimate of drug-likeness (QED) is 0.0462. The third-order valence-electron chi connectivity index (χ3n) is 11.4. The minimum Gasteiger partial charge on any atom is -0.344 e. The smallest absolute Gasteiger partial charge is 0.333 e. The molecular weight excluding hydrogens is 851 g/mol. The van der Waals surface area contributed by atoms with E-state index in [2.05, 4.69) is 17.9 Å². The van der Waals surface area contributed by atoms with E-state index in [1.165, 1.54) is 12.1 Å². The number of hydrogen-bond acceptors (Lipinski definition) is 11. The normalized spacial score (nSPS) is 19.9. The van der Waals surface area contributed by atoms with Gasteiger partial charge in [-0.1, -0.05) is 48.8 Å². The molecule has 0 radical (unpaired) electrons. The summed E-state index contributed by atoms with van der Waals surface area (Å²) in [6, 6.07) is 10.4. The Morgan fingerprint density at radius 3 is 2.13 bits per heavy atom. The second kappa shape index (κ2) is 18.8. The Morgan fingerprint density at radius 1 is 0.803 bits per heavy atom. The van der Waals surface area contributed by atoms with Gasteiger partial charge in [0.2, 0.25) is 5.69 Å². The number of carbonyl (C=O) groups excluding carboxylic acids is 3. The van der Waals surface area contributed by atoms with Gasteiger partial charge < -0.3 is 9.74 Å². The first-order valence-electron chi connectivity index (χ1n) is 20.1. The van der Waals surface area contributed by atoms with E-state index in [-0.39, 0.29) is 49.3 Å². The largest absolute Gasteiger partial charge is 0.344 e. The van der Waals surface area contributed by atoms with E-state index >= 15 is 0 Å². The summed E-state index contributed by atoms with van der Waals surface area (Å²) in [5.41, 5.74) is 4.64. The number of hydrogen-bond donors (Lipinski definition) is 3. The number of unbranched alkanes of at least 4 members (excludes halogenated alkanes) is 3. The van der Waals surface area contributed by atoms with Crippen molar-refractivity contribution >= 4 is 65.2 Å². The van der Waals surface area contributed by atoms with E-state index in [4.69, 9.17) is 4.84 Å². The molecule has 1 unspecified atom stereocenters. The highest BCUT2D eigenvalue weighted by Gasteiger charge is 2.45. The third kappa shape index (κ3) is 11.7. The van der Waals surface area contributed by atoms with Gasteiger partial charge in [0.05, 0.1) is 21.8 Å². The van der Waals surface area contributed by atoms with Crippen molar-refractivity contribution in [1.29, 1.82) is 0 Å². The topological polar surface area (TPSA) is 233 Å². The fraction of sp³-hybridized carbons (Fsp3) is 0.476. The fourth-order valence-electron chi connectivity index (χ4n) is 8.27. The van der Waals surface area contributed by atoms with Crippen LogP contribution in [0.5, 0.6) is 0 Å². The standard InChI is InChI=1S/C42H53N3O13S3/c1-30-17-19-35-33(28-30)42(4,23-10-12-26-59(49,50)51)37(44(35)24-11-6-9-16-40(48)58-45-38(46)21-22-39(45)47)15-8-5-7-14-36-41(2,3)32-29-31(61(55,56)57)18-20-34(32)43(36)25-13-27-60(52,53)54/h5,7-8,14-15,17-20,28-29H,6,9-13,16,21-27H2,1-4H3,(H2-,49,50,51,52,53,54,55,56,57)/p+1. The van der Waals surface area contributed by atoms with Crippen LogP contribution < -0.4 is 4.90 Å². The molecule has 5 rings (SSSR count). The van der Waals surface area contributed by atoms with E-state index in [1.807, 2.05) is 67.9 Å². The zero-order valence-corrected chi connectivity index (χ0v) is 37.2. The van der Waals surface area contributed by atoms with E-state index < -0.39 is 64.7 Å². The first-order chi connectivity index (χ1) is 28.4. The molecule has 0 aromatic heterocycles. The zero-order valence-electron chi connectivity index (χ0n) is 34.7. The van der Waals surface area contributed by atoms with Gasteiger partial charge in [-0.15, -0.1) is 5.06 Å². The molecule has 0 bridgehead atoms. The minimum atomic E-state index is -4.51. The molecular formula is C42H54N3O13S3+. The van der Waals surface area contributed by atoms with Crippen LogP contribution in [-0.4, -0.2) is 96.6 Å². The molecule has 2 amide bonds. The first-order valence-corrected chi connectivity index (χ1v) is 24.8. The number of fused-ring (bicyclic) bond motifs is 2. The van der Waals surface area contributed by atoms with Crippen LogP contribution in [0.15, 0.2) is 77.4 Å². The van der Waals surface area contributed by atoms with Crippen molar-refractivity contribution in [2.45, 2.75) is 108 Å². The number of allylic oxidation sites excluding steroid dienone is 6. The third-order valence-corrected chi connectivity index (χ3v) is 13.8. The Kier molecular flexibility index (Phi) is 14.7. The Labute approximate surface area is 357 Å². The predicted octanol–water partition coefficient (Wildman–Crippen LogP) is 5.90. The van der Waals surface area contributed by atoms with Gasteiger partial charge in [0.1, 0.15) is 6.54 Å². The monoisotopic (exact) mass is 904 g/mol. The molecule has 3 N–H and O–H groups in total. The fourth-order valence-corrected chi connectivity index (χ4v) is 9.84. The lowest BCUT2D eigenvalue weighted by atomic mass is 9.77. The molecule has 3 aliphatic heterocycles. The van der Waals surface area contributed by atoms with Gasteiger partial charge in [0.15, 0.2) is 5.71 Å². The van der Waals surface area contributed by atoms with Gasteiger partial charge in [-0.05, 0) is 83.2 Å². The summed E-state index contributed by atoms with van der Waals surface area (Å²) in [5.74, 6) is -2.57. The Hall–Kier alpha value is -4.53. The highest BCUT2D eigenvalue weighted by molar-refractivity contribution is 7.86. The average Bonchev–Trinajstić information content (AvgIpc) is 3.67. The number of benzene rings is 2. The maximum atomic E-state index is 12.4. The lowest BCUT2D eigenvalue weighted by Gasteiger charge is -2.30. The highest BCUT2D eigenvalue weighted by Crippen LogP contribution is 2.51. The van der Waals surface area contributed by atoms with Crippen LogP contribution in [-0.2, 0) is 60.4 Å². The number of amides is 2. The molecule has 1 saturated heterocycles. The molecule has 1 atom stereocenters. The second-order valence-electron chi connectivity index (χ2n) is 16.4. The molecule has 2 aromatic carbocycles. The SMILES string of the molecule is Cc1ccc2c(c1)C(C)(CCCCS(=O)(=O)O)C(=CC=CC=CC1=[N+](CCCS(=O)(=O)O)c3ccc(S(=O)(=O)O)cc3C1(C)C)N2CCCCCC(=O)ON1C(=O)CCC1=O. The van der Waals surface area contributed by atoms with E-state index in [0.717, 1.165) is 28.2 Å². The second-order valence-corrected chi connectivity index (χ2v) is 20.9. The Bertz CT molecular complexity index is 2510. The van der Waals surface area contributed by atoms with Crippen LogP contribution in [0.3, 0.4) is 0 Å². The number of hydroxylamine groups is 2. The van der Waals surface area contributed by atoms with Crippen LogP contribution in [0.2, 0.25) is 0 Å². The molecule has 3 aliphatic rings. The van der Waals surface area contributed by atoms with Crippen LogP contribution in [0.4, 0.5) is 11.4 Å². The molecule has 332 valence electrons. The summed E-state index contributed by atoms with van der Waals surface area (Å²) in [6.07, 6.45) is 12.6. The van der Waals surface area contributed by atoms with E-state index in [9.17, 15) is 53.3 Å². The molecule has 0 aliphatic carbocycles. The van der Waals surface area contributed by atoms with Gasteiger partial charge in [0.25, 0.3) is 42.2 Å². The van der Waals surface area contributed by atoms with Crippen molar-refractivity contribution in [2.75, 3.05) is 29.5 Å². The van der Waals surface area contributed by atoms with E-state index in [0.29, 0.717) is 55.0 Å². The number of aryl methyl sites for hydroxylation is 1. The Morgan fingerprint density at radius 2 is 1.48 bits per heavy atom. The summed E-state index contributed by atoms with van der Waals surface area (Å²) < 4.78 is 101. The number of carbonyl (C=O) groups is 3. The summed E-state index contributed by atoms with van der Waals surface area (Å²) >= 11 is 0. The summed E-state index contributed by atoms with van der Waals surface area (Å²) in [6.45, 7) is 8.62. The van der Waals surface area contributed by atoms with Crippen molar-refractivity contribution in [2.24, 2.45) is 0 Å². The van der Waals surface area contributed by atoms with Crippen molar-refractivity contribution < 1.29 is 62.7 Å². The van der Waals surface area contributed by atoms with Crippen LogP contribution >= 0.6 is 0 Å². The van der Waals surface area contributed by atoms with Gasteiger partial charge in [-0.2, -0.15) is 29.8 Å². The molecule has 3 heterocycles. The maximum absolute atomic E-state index is 12.4. The minimum absolute atomic E-state index is 0.0133. The van der Waals surface area contributed by atoms with Crippen LogP contribution in [0, 0.1) is 6.92 Å². The first kappa shape index (κ1) is 47.5. The summed E-state index contributed by atoms with van der Waals surface area (Å²) in [7, 11) is -12.9. The lowest BCUT2D eigenvalue weighted by molar-refractivity contribution is -0.437. The zero-order chi connectivity index (χ0) is 45.0. The molecule has 0 spiro atoms. The molecule has 16 nitrogen and oxygen atoms in total. The molecule has 0 saturated carbocycles. The summed E-state index contributed by atoms with van der Waals surface area (Å²) in [4.78, 5) is 43.0. The van der Waals surface area contributed by atoms with Gasteiger partial charge in [-0.3, -0.25) is 23.2 Å². The van der Waals surface area contributed by atoms with Crippen molar-refractivity contribution in [3.63, 3.8) is 0 Å². The van der Waals surface area contributed by atoms with Crippen LogP contribution in [0.25, 0.3) is 0 Å². The number of nitrogens with zero attached hydrogens (tertiary/aromatic N) is 3. The predicted molar refractivity (Wildman–Crippen MR) is 228 cm³/mol. The van der Waals surface area contributed by atoms with Crippen molar-refractivity contribution in [3.8, 4) is 0 Å². The molecule has 19 heteroatoms. The molecule has 61 heavy (non-hydrogen) atoms. The van der Waals surface area contributed by atoms with Gasteiger partial charge in [-0.25, -0.2) is 4.79 Å². The average molecular weight is 905 g/mol. The van der Waals surface area contributed by atoms with Gasteiger partial charge >= 0.3 is 5.97 Å². The highest BCUT2D eigenvalue weighted by atomic mass is 32.2. The number of imide groups is 1. The van der Waals surface area contributed by atoms with Gasteiger partial charge in [0, 0.05) is 66.7 Å². The summed E-state index contributed by atoms with van der Waals surface area (Å²) in [5, 5.41) is 0.542. The number of anilines is 1. The maximum Gasteiger partial charge on any atom is 0.333 e. The molecule has 1 fully saturated rings. The van der Waals surface area contributed by atoms with Crippen molar-refractivity contribution in [3.05, 3.63) is 89.2 Å². The van der Waals surface area contributed by atoms with Crippen molar-refractivity contribution in [1.82, 2.24) is 5.06 Å². The number of rotatable bonds is 20. The molecule has 2 aromatic rings. The Balaban J connectivity index is 1.41.